The average molecular weight is 554 g/mol. The Kier molecular flexibility index (Phi) is 8.93. The first-order valence-electron chi connectivity index (χ1n) is 12.5. The van der Waals surface area contributed by atoms with E-state index in [-0.39, 0.29) is 19.2 Å². The minimum absolute atomic E-state index is 0.253. The topological polar surface area (TPSA) is 105 Å². The molecule has 0 saturated heterocycles. The number of esters is 2. The molecule has 4 aromatic rings. The van der Waals surface area contributed by atoms with E-state index in [0.29, 0.717) is 30.2 Å². The first-order valence-corrected chi connectivity index (χ1v) is 12.9. The maximum atomic E-state index is 12.9. The standard InChI is InChI=1S/C29H32ClN3O6/c1-17-25(24(32-31-17)16-38-15-19-8-10-20(36-4)11-9-19)26-23(30)13-12-22-21(7-6-14-39-18(2)34)28(29(35)37-5)33(3)27(22)26/h8-13H,6-7,14-16H2,1-5H3,(H,31,32). The highest BCUT2D eigenvalue weighted by Crippen LogP contribution is 2.41. The van der Waals surface area contributed by atoms with Crippen LogP contribution in [0, 0.1) is 6.92 Å². The average Bonchev–Trinajstić information content (AvgIpc) is 3.42. The number of aryl methyl sites for hydroxylation is 3. The highest BCUT2D eigenvalue weighted by atomic mass is 35.5. The number of hydrogen-bond acceptors (Lipinski definition) is 7. The lowest BCUT2D eigenvalue weighted by Gasteiger charge is -2.12. The predicted molar refractivity (Wildman–Crippen MR) is 148 cm³/mol. The fraction of sp³-hybridized carbons (Fsp3) is 0.345. The number of benzene rings is 2. The molecule has 0 radical (unpaired) electrons. The van der Waals surface area contributed by atoms with Crippen molar-refractivity contribution in [2.45, 2.75) is 39.9 Å². The molecule has 0 spiro atoms. The van der Waals surface area contributed by atoms with Gasteiger partial charge in [-0.25, -0.2) is 4.79 Å². The summed E-state index contributed by atoms with van der Waals surface area (Å²) in [5, 5.41) is 8.93. The van der Waals surface area contributed by atoms with E-state index in [1.54, 1.807) is 7.11 Å². The molecule has 2 heterocycles. The summed E-state index contributed by atoms with van der Waals surface area (Å²) in [6.45, 7) is 4.21. The monoisotopic (exact) mass is 553 g/mol. The van der Waals surface area contributed by atoms with Crippen molar-refractivity contribution in [2.24, 2.45) is 7.05 Å². The van der Waals surface area contributed by atoms with Crippen LogP contribution in [0.15, 0.2) is 36.4 Å². The smallest absolute Gasteiger partial charge is 0.354 e. The Morgan fingerprint density at radius 3 is 2.46 bits per heavy atom. The highest BCUT2D eigenvalue weighted by Gasteiger charge is 2.27. The minimum Gasteiger partial charge on any atom is -0.497 e. The molecule has 0 amide bonds. The zero-order valence-corrected chi connectivity index (χ0v) is 23.5. The fourth-order valence-corrected chi connectivity index (χ4v) is 5.07. The Morgan fingerprint density at radius 1 is 1.05 bits per heavy atom. The number of rotatable bonds is 11. The van der Waals surface area contributed by atoms with Gasteiger partial charge < -0.3 is 23.5 Å². The molecular formula is C29H32ClN3O6. The molecule has 0 fully saturated rings. The molecule has 10 heteroatoms. The van der Waals surface area contributed by atoms with Gasteiger partial charge in [-0.05, 0) is 49.1 Å². The quantitative estimate of drug-likeness (QED) is 0.192. The SMILES string of the molecule is COC(=O)c1c(CCCOC(C)=O)c2ccc(Cl)c(-c3c(C)n[nH]c3COCc3ccc(OC)cc3)c2n1C. The second-order valence-corrected chi connectivity index (χ2v) is 9.55. The highest BCUT2D eigenvalue weighted by molar-refractivity contribution is 6.35. The van der Waals surface area contributed by atoms with Crippen LogP contribution in [0.3, 0.4) is 0 Å². The van der Waals surface area contributed by atoms with Gasteiger partial charge >= 0.3 is 11.9 Å². The van der Waals surface area contributed by atoms with Crippen molar-refractivity contribution < 1.29 is 28.5 Å². The molecule has 1 N–H and O–H groups in total. The Balaban J connectivity index is 1.72. The number of aromatic nitrogens is 3. The van der Waals surface area contributed by atoms with Crippen LogP contribution < -0.4 is 4.74 Å². The molecular weight excluding hydrogens is 522 g/mol. The molecule has 0 bridgehead atoms. The van der Waals surface area contributed by atoms with E-state index in [1.165, 1.54) is 14.0 Å². The van der Waals surface area contributed by atoms with Crippen LogP contribution in [0.5, 0.6) is 5.75 Å². The zero-order valence-electron chi connectivity index (χ0n) is 22.7. The normalized spacial score (nSPS) is 11.1. The first-order chi connectivity index (χ1) is 18.8. The summed E-state index contributed by atoms with van der Waals surface area (Å²) < 4.78 is 23.3. The predicted octanol–water partition coefficient (Wildman–Crippen LogP) is 5.54. The number of H-pyrrole nitrogens is 1. The van der Waals surface area contributed by atoms with Gasteiger partial charge in [0.05, 0.1) is 56.0 Å². The molecule has 0 atom stereocenters. The van der Waals surface area contributed by atoms with Crippen LogP contribution >= 0.6 is 11.6 Å². The molecule has 2 aromatic carbocycles. The molecule has 0 aliphatic carbocycles. The van der Waals surface area contributed by atoms with Gasteiger partial charge in [0, 0.05) is 30.5 Å². The Labute approximate surface area is 232 Å². The van der Waals surface area contributed by atoms with E-state index in [4.69, 9.17) is 30.5 Å². The van der Waals surface area contributed by atoms with E-state index in [9.17, 15) is 9.59 Å². The van der Waals surface area contributed by atoms with Gasteiger partial charge in [-0.2, -0.15) is 5.10 Å². The van der Waals surface area contributed by atoms with Crippen molar-refractivity contribution in [3.05, 3.63) is 69.6 Å². The van der Waals surface area contributed by atoms with Crippen LogP contribution in [0.1, 0.15) is 46.3 Å². The van der Waals surface area contributed by atoms with Gasteiger partial charge in [-0.3, -0.25) is 9.89 Å². The first kappa shape index (κ1) is 28.2. The molecule has 39 heavy (non-hydrogen) atoms. The van der Waals surface area contributed by atoms with Crippen molar-refractivity contribution in [1.29, 1.82) is 0 Å². The lowest BCUT2D eigenvalue weighted by molar-refractivity contribution is -0.141. The van der Waals surface area contributed by atoms with Crippen LogP contribution in [0.25, 0.3) is 22.0 Å². The Morgan fingerprint density at radius 2 is 1.79 bits per heavy atom. The third-order valence-electron chi connectivity index (χ3n) is 6.61. The molecule has 0 saturated carbocycles. The van der Waals surface area contributed by atoms with Gasteiger partial charge in [0.1, 0.15) is 11.4 Å². The summed E-state index contributed by atoms with van der Waals surface area (Å²) in [5.41, 5.74) is 6.13. The maximum Gasteiger partial charge on any atom is 0.354 e. The maximum absolute atomic E-state index is 12.9. The number of hydrogen-bond donors (Lipinski definition) is 1. The van der Waals surface area contributed by atoms with Crippen molar-refractivity contribution in [1.82, 2.24) is 14.8 Å². The van der Waals surface area contributed by atoms with Crippen LogP contribution in [-0.4, -0.2) is 47.5 Å². The summed E-state index contributed by atoms with van der Waals surface area (Å²) in [4.78, 5) is 24.1. The summed E-state index contributed by atoms with van der Waals surface area (Å²) in [5.74, 6) is -0.00909. The number of nitrogens with zero attached hydrogens (tertiary/aromatic N) is 2. The fourth-order valence-electron chi connectivity index (χ4n) is 4.82. The summed E-state index contributed by atoms with van der Waals surface area (Å²) >= 11 is 6.82. The summed E-state index contributed by atoms with van der Waals surface area (Å²) in [6.07, 6.45) is 1.06. The van der Waals surface area contributed by atoms with E-state index >= 15 is 0 Å². The van der Waals surface area contributed by atoms with E-state index < -0.39 is 5.97 Å². The van der Waals surface area contributed by atoms with Crippen molar-refractivity contribution >= 4 is 34.4 Å². The van der Waals surface area contributed by atoms with Gasteiger partial charge in [0.15, 0.2) is 0 Å². The minimum atomic E-state index is -0.453. The Hall–Kier alpha value is -3.82. The molecule has 0 unspecified atom stereocenters. The zero-order chi connectivity index (χ0) is 28.1. The molecule has 0 aliphatic heterocycles. The van der Waals surface area contributed by atoms with E-state index in [2.05, 4.69) is 10.2 Å². The second kappa shape index (κ2) is 12.4. The third-order valence-corrected chi connectivity index (χ3v) is 6.93. The lowest BCUT2D eigenvalue weighted by Crippen LogP contribution is -2.11. The molecule has 2 aromatic heterocycles. The number of aromatic amines is 1. The third kappa shape index (κ3) is 5.94. The lowest BCUT2D eigenvalue weighted by atomic mass is 9.98. The van der Waals surface area contributed by atoms with Gasteiger partial charge in [0.2, 0.25) is 0 Å². The molecule has 4 rings (SSSR count). The number of ether oxygens (including phenoxy) is 4. The van der Waals surface area contributed by atoms with Gasteiger partial charge in [0.25, 0.3) is 0 Å². The van der Waals surface area contributed by atoms with Crippen LogP contribution in [0.2, 0.25) is 5.02 Å². The number of carbonyl (C=O) groups excluding carboxylic acids is 2. The number of carbonyl (C=O) groups is 2. The van der Waals surface area contributed by atoms with E-state index in [0.717, 1.165) is 50.3 Å². The molecule has 9 nitrogen and oxygen atoms in total. The number of nitrogens with one attached hydrogen (secondary N) is 1. The van der Waals surface area contributed by atoms with Gasteiger partial charge in [-0.15, -0.1) is 0 Å². The molecule has 0 aliphatic rings. The number of halogens is 1. The van der Waals surface area contributed by atoms with Crippen molar-refractivity contribution in [2.75, 3.05) is 20.8 Å². The number of fused-ring (bicyclic) bond motifs is 1. The Bertz CT molecular complexity index is 1490. The molecule has 206 valence electrons. The largest absolute Gasteiger partial charge is 0.497 e. The van der Waals surface area contributed by atoms with Gasteiger partial charge in [-0.1, -0.05) is 29.8 Å². The van der Waals surface area contributed by atoms with Crippen LogP contribution in [-0.2, 0) is 45.7 Å². The number of methoxy groups -OCH3 is 2. The van der Waals surface area contributed by atoms with E-state index in [1.807, 2.05) is 54.9 Å². The van der Waals surface area contributed by atoms with Crippen molar-refractivity contribution in [3.63, 3.8) is 0 Å². The summed E-state index contributed by atoms with van der Waals surface area (Å²) in [6, 6.07) is 11.4. The van der Waals surface area contributed by atoms with Crippen LogP contribution in [0.4, 0.5) is 0 Å². The second-order valence-electron chi connectivity index (χ2n) is 9.14. The van der Waals surface area contributed by atoms with Crippen molar-refractivity contribution in [3.8, 4) is 16.9 Å². The summed E-state index contributed by atoms with van der Waals surface area (Å²) in [7, 11) is 4.81.